The van der Waals surface area contributed by atoms with E-state index < -0.39 is 27.0 Å². The van der Waals surface area contributed by atoms with Gasteiger partial charge in [0.05, 0.1) is 34.3 Å². The normalized spacial score (nSPS) is 16.5. The molecule has 2 aromatic rings. The Morgan fingerprint density at radius 3 is 2.57 bits per heavy atom. The number of carboxylic acid groups (broad SMARTS) is 1. The minimum atomic E-state index is -4.00. The van der Waals surface area contributed by atoms with Crippen LogP contribution >= 0.6 is 0 Å². The molecular weight excluding hydrogens is 404 g/mol. The highest BCUT2D eigenvalue weighted by Crippen LogP contribution is 2.24. The maximum atomic E-state index is 12.9. The van der Waals surface area contributed by atoms with Crippen LogP contribution in [0, 0.1) is 6.92 Å². The summed E-state index contributed by atoms with van der Waals surface area (Å²) in [6.45, 7) is 3.87. The van der Waals surface area contributed by atoms with E-state index in [1.807, 2.05) is 6.92 Å². The third-order valence-electron chi connectivity index (χ3n) is 4.22. The van der Waals surface area contributed by atoms with Gasteiger partial charge in [0.25, 0.3) is 10.0 Å². The predicted molar refractivity (Wildman–Crippen MR) is 104 cm³/mol. The van der Waals surface area contributed by atoms with Crippen LogP contribution in [0.15, 0.2) is 52.3 Å². The molecule has 8 nitrogen and oxygen atoms in total. The quantitative estimate of drug-likeness (QED) is 0.732. The molecule has 28 heavy (non-hydrogen) atoms. The fourth-order valence-electron chi connectivity index (χ4n) is 2.71. The van der Waals surface area contributed by atoms with Crippen molar-refractivity contribution in [2.45, 2.75) is 16.7 Å². The van der Waals surface area contributed by atoms with Crippen LogP contribution in [0.3, 0.4) is 0 Å². The fraction of sp³-hybridized carbons (Fsp3) is 0.278. The van der Waals surface area contributed by atoms with Crippen LogP contribution in [0.5, 0.6) is 0 Å². The number of nitrogens with zero attached hydrogens (tertiary/aromatic N) is 1. The van der Waals surface area contributed by atoms with Gasteiger partial charge < -0.3 is 9.84 Å². The van der Waals surface area contributed by atoms with E-state index >= 15 is 0 Å². The summed E-state index contributed by atoms with van der Waals surface area (Å²) in [5, 5.41) is 9.05. The first-order valence-corrected chi connectivity index (χ1v) is 11.1. The average Bonchev–Trinajstić information content (AvgIpc) is 2.69. The lowest BCUT2D eigenvalue weighted by Gasteiger charge is -2.26. The molecule has 1 heterocycles. The molecule has 1 unspecified atom stereocenters. The minimum Gasteiger partial charge on any atom is -0.478 e. The zero-order chi connectivity index (χ0) is 20.3. The first-order valence-electron chi connectivity index (χ1n) is 8.49. The topological polar surface area (TPSA) is 113 Å². The molecule has 1 atom stereocenters. The third kappa shape index (κ3) is 4.58. The molecule has 0 amide bonds. The highest BCUT2D eigenvalue weighted by molar-refractivity contribution is 7.92. The van der Waals surface area contributed by atoms with Crippen molar-refractivity contribution in [3.8, 4) is 0 Å². The van der Waals surface area contributed by atoms with Crippen molar-refractivity contribution in [2.24, 2.45) is 0 Å². The molecule has 0 spiro atoms. The molecule has 0 bridgehead atoms. The van der Waals surface area contributed by atoms with E-state index in [-0.39, 0.29) is 16.1 Å². The maximum Gasteiger partial charge on any atom is 0.335 e. The van der Waals surface area contributed by atoms with Gasteiger partial charge in [-0.15, -0.1) is 0 Å². The molecule has 150 valence electrons. The highest BCUT2D eigenvalue weighted by Gasteiger charge is 2.21. The summed E-state index contributed by atoms with van der Waals surface area (Å²) < 4.78 is 47.6. The molecule has 10 heteroatoms. The summed E-state index contributed by atoms with van der Waals surface area (Å²) in [6.07, 6.45) is 0. The average molecular weight is 425 g/mol. The Kier molecular flexibility index (Phi) is 6.14. The van der Waals surface area contributed by atoms with Crippen molar-refractivity contribution in [1.29, 1.82) is 0 Å². The number of sulfonamides is 1. The predicted octanol–water partition coefficient (Wildman–Crippen LogP) is 1.85. The summed E-state index contributed by atoms with van der Waals surface area (Å²) in [7, 11) is -5.43. The Morgan fingerprint density at radius 1 is 1.18 bits per heavy atom. The van der Waals surface area contributed by atoms with Crippen molar-refractivity contribution in [3.63, 3.8) is 0 Å². The van der Waals surface area contributed by atoms with Gasteiger partial charge in [0.2, 0.25) is 0 Å². The third-order valence-corrected chi connectivity index (χ3v) is 7.25. The van der Waals surface area contributed by atoms with Gasteiger partial charge >= 0.3 is 5.97 Å². The molecule has 2 N–H and O–H groups in total. The van der Waals surface area contributed by atoms with Crippen LogP contribution in [-0.2, 0) is 25.7 Å². The van der Waals surface area contributed by atoms with E-state index in [1.54, 1.807) is 22.5 Å². The number of anilines is 1. The number of hydrogen-bond acceptors (Lipinski definition) is 5. The van der Waals surface area contributed by atoms with E-state index in [4.69, 9.17) is 9.84 Å². The first kappa shape index (κ1) is 20.5. The zero-order valence-electron chi connectivity index (χ0n) is 15.1. The van der Waals surface area contributed by atoms with E-state index in [9.17, 15) is 17.4 Å². The van der Waals surface area contributed by atoms with Crippen molar-refractivity contribution in [1.82, 2.24) is 4.31 Å². The van der Waals surface area contributed by atoms with Gasteiger partial charge in [-0.1, -0.05) is 12.1 Å². The number of morpholine rings is 1. The lowest BCUT2D eigenvalue weighted by molar-refractivity contribution is 0.0696. The molecule has 0 saturated carbocycles. The number of hydrogen-bond donors (Lipinski definition) is 2. The Morgan fingerprint density at radius 2 is 1.89 bits per heavy atom. The number of benzene rings is 2. The number of carbonyl (C=O) groups is 1. The minimum absolute atomic E-state index is 0.124. The Labute approximate surface area is 165 Å². The van der Waals surface area contributed by atoms with Gasteiger partial charge in [-0.25, -0.2) is 21.7 Å². The molecule has 0 aromatic heterocycles. The first-order chi connectivity index (χ1) is 13.3. The van der Waals surface area contributed by atoms with Crippen LogP contribution in [-0.4, -0.2) is 54.3 Å². The summed E-state index contributed by atoms with van der Waals surface area (Å²) in [6, 6.07) is 9.90. The van der Waals surface area contributed by atoms with Crippen molar-refractivity contribution >= 4 is 32.7 Å². The molecule has 0 aliphatic carbocycles. The number of carboxylic acids is 1. The van der Waals surface area contributed by atoms with Gasteiger partial charge in [0, 0.05) is 13.1 Å². The summed E-state index contributed by atoms with van der Waals surface area (Å²) in [5.41, 5.74) is 0.907. The van der Waals surface area contributed by atoms with Gasteiger partial charge in [0.1, 0.15) is 11.0 Å². The molecule has 1 aliphatic rings. The van der Waals surface area contributed by atoms with Crippen LogP contribution in [0.4, 0.5) is 5.69 Å². The van der Waals surface area contributed by atoms with Gasteiger partial charge in [-0.3, -0.25) is 4.72 Å². The van der Waals surface area contributed by atoms with Gasteiger partial charge in [-0.2, -0.15) is 0 Å². The fourth-order valence-corrected chi connectivity index (χ4v) is 5.14. The van der Waals surface area contributed by atoms with Gasteiger partial charge in [0.15, 0.2) is 0 Å². The van der Waals surface area contributed by atoms with E-state index in [1.165, 1.54) is 18.2 Å². The number of nitrogens with one attached hydrogen (secondary N) is 1. The molecule has 1 saturated heterocycles. The van der Waals surface area contributed by atoms with E-state index in [2.05, 4.69) is 4.72 Å². The molecule has 1 fully saturated rings. The van der Waals surface area contributed by atoms with Crippen molar-refractivity contribution < 1.29 is 27.3 Å². The second-order valence-corrected chi connectivity index (χ2v) is 9.35. The van der Waals surface area contributed by atoms with Crippen molar-refractivity contribution in [3.05, 3.63) is 53.6 Å². The lowest BCUT2D eigenvalue weighted by Crippen LogP contribution is -2.37. The number of rotatable bonds is 6. The number of ether oxygens (including phenoxy) is 1. The van der Waals surface area contributed by atoms with Crippen molar-refractivity contribution in [2.75, 3.05) is 31.0 Å². The molecule has 2 aromatic carbocycles. The van der Waals surface area contributed by atoms with Gasteiger partial charge in [-0.05, 0) is 42.8 Å². The van der Waals surface area contributed by atoms with Crippen LogP contribution in [0.2, 0.25) is 0 Å². The van der Waals surface area contributed by atoms with E-state index in [0.717, 1.165) is 11.6 Å². The van der Waals surface area contributed by atoms with E-state index in [0.29, 0.717) is 31.2 Å². The Hall–Kier alpha value is -2.27. The largest absolute Gasteiger partial charge is 0.478 e. The SMILES string of the molecule is Cc1ccc(NS(=O)(=O)c2cccc(C(=O)O)c2)cc1S(=O)N1CCOCC1. The van der Waals surface area contributed by atoms with Crippen LogP contribution < -0.4 is 4.72 Å². The molecule has 0 radical (unpaired) electrons. The highest BCUT2D eigenvalue weighted by atomic mass is 32.2. The molecule has 1 aliphatic heterocycles. The Balaban J connectivity index is 1.87. The number of aryl methyl sites for hydroxylation is 1. The lowest BCUT2D eigenvalue weighted by atomic mass is 10.2. The second-order valence-electron chi connectivity index (χ2n) is 6.21. The summed E-state index contributed by atoms with van der Waals surface area (Å²) >= 11 is 0. The monoisotopic (exact) mass is 424 g/mol. The zero-order valence-corrected chi connectivity index (χ0v) is 16.8. The van der Waals surface area contributed by atoms with Crippen LogP contribution in [0.25, 0.3) is 0 Å². The summed E-state index contributed by atoms with van der Waals surface area (Å²) in [5.74, 6) is -1.21. The number of aromatic carboxylic acids is 1. The Bertz CT molecular complexity index is 1020. The molecule has 3 rings (SSSR count). The smallest absolute Gasteiger partial charge is 0.335 e. The summed E-state index contributed by atoms with van der Waals surface area (Å²) in [4.78, 5) is 11.4. The van der Waals surface area contributed by atoms with Crippen LogP contribution in [0.1, 0.15) is 15.9 Å². The molecular formula is C18H20N2O6S2. The standard InChI is InChI=1S/C18H20N2O6S2/c1-13-5-6-15(12-17(13)27(23)20-7-9-26-10-8-20)19-28(24,25)16-4-2-3-14(11-16)18(21)22/h2-6,11-12,19H,7-10H2,1H3,(H,21,22). The maximum absolute atomic E-state index is 12.9. The second kappa shape index (κ2) is 8.39.